The molecule has 0 bridgehead atoms. The van der Waals surface area contributed by atoms with Gasteiger partial charge in [-0.15, -0.1) is 0 Å². The average molecular weight is 325 g/mol. The van der Waals surface area contributed by atoms with E-state index in [0.717, 1.165) is 6.07 Å². The van der Waals surface area contributed by atoms with Crippen LogP contribution in [0.4, 0.5) is 11.5 Å². The first-order chi connectivity index (χ1) is 11.0. The number of pyridine rings is 1. The van der Waals surface area contributed by atoms with E-state index in [1.54, 1.807) is 13.8 Å². The molecule has 0 fully saturated rings. The van der Waals surface area contributed by atoms with Crippen LogP contribution in [0.5, 0.6) is 0 Å². The zero-order chi connectivity index (χ0) is 17.4. The number of likely N-dealkylation sites (N-methyl/N-ethyl adjacent to an activating group) is 1. The van der Waals surface area contributed by atoms with Crippen LogP contribution in [-0.2, 0) is 14.3 Å². The number of aromatic nitrogens is 1. The molecule has 9 heteroatoms. The Bertz CT molecular complexity index is 578. The van der Waals surface area contributed by atoms with Crippen LogP contribution in [0.15, 0.2) is 12.3 Å². The zero-order valence-electron chi connectivity index (χ0n) is 13.2. The van der Waals surface area contributed by atoms with Crippen molar-refractivity contribution in [3.05, 3.63) is 27.9 Å². The molecule has 0 aliphatic carbocycles. The van der Waals surface area contributed by atoms with E-state index in [1.807, 2.05) is 0 Å². The molecule has 0 aromatic carbocycles. The summed E-state index contributed by atoms with van der Waals surface area (Å²) in [7, 11) is 1.17. The highest BCUT2D eigenvalue weighted by atomic mass is 16.6. The predicted octanol–water partition coefficient (Wildman–Crippen LogP) is 1.21. The third-order valence-electron chi connectivity index (χ3n) is 3.13. The standard InChI is InChI=1S/C14H19N3O6/c1-4-16(11(8-18)9-23-5-2)13-12(17(20)21)6-10(7-15-13)14(19)22-3/h6-8,11H,4-5,9H2,1-3H3/t11-/m1/s1. The summed E-state index contributed by atoms with van der Waals surface area (Å²) in [5.41, 5.74) is -0.412. The molecule has 23 heavy (non-hydrogen) atoms. The van der Waals surface area contributed by atoms with Crippen LogP contribution in [0.25, 0.3) is 0 Å². The van der Waals surface area contributed by atoms with Gasteiger partial charge in [0, 0.05) is 25.4 Å². The second-order valence-electron chi connectivity index (χ2n) is 4.46. The lowest BCUT2D eigenvalue weighted by Gasteiger charge is -2.27. The summed E-state index contributed by atoms with van der Waals surface area (Å²) in [5, 5.41) is 11.3. The Morgan fingerprint density at radius 1 is 1.52 bits per heavy atom. The van der Waals surface area contributed by atoms with Crippen LogP contribution in [0, 0.1) is 10.1 Å². The molecule has 1 atom stereocenters. The van der Waals surface area contributed by atoms with Crippen molar-refractivity contribution in [2.24, 2.45) is 0 Å². The summed E-state index contributed by atoms with van der Waals surface area (Å²) in [5.74, 6) is -0.724. The number of methoxy groups -OCH3 is 1. The molecule has 0 aliphatic rings. The zero-order valence-corrected chi connectivity index (χ0v) is 13.2. The van der Waals surface area contributed by atoms with Crippen LogP contribution >= 0.6 is 0 Å². The maximum atomic E-state index is 11.5. The lowest BCUT2D eigenvalue weighted by molar-refractivity contribution is -0.384. The van der Waals surface area contributed by atoms with E-state index in [9.17, 15) is 19.7 Å². The van der Waals surface area contributed by atoms with Crippen LogP contribution in [0.1, 0.15) is 24.2 Å². The Hall–Kier alpha value is -2.55. The van der Waals surface area contributed by atoms with Gasteiger partial charge in [0.25, 0.3) is 0 Å². The van der Waals surface area contributed by atoms with Gasteiger partial charge in [0.2, 0.25) is 5.82 Å². The topological polar surface area (TPSA) is 112 Å². The minimum atomic E-state index is -0.726. The van der Waals surface area contributed by atoms with E-state index in [-0.39, 0.29) is 23.7 Å². The van der Waals surface area contributed by atoms with Crippen molar-refractivity contribution < 1.29 is 24.0 Å². The smallest absolute Gasteiger partial charge is 0.339 e. The molecule has 0 saturated carbocycles. The molecule has 0 aliphatic heterocycles. The minimum absolute atomic E-state index is 0.00181. The van der Waals surface area contributed by atoms with Crippen molar-refractivity contribution in [1.29, 1.82) is 0 Å². The molecule has 9 nitrogen and oxygen atoms in total. The van der Waals surface area contributed by atoms with Crippen molar-refractivity contribution in [3.8, 4) is 0 Å². The highest BCUT2D eigenvalue weighted by molar-refractivity contribution is 5.90. The molecule has 1 heterocycles. The molecular weight excluding hydrogens is 306 g/mol. The largest absolute Gasteiger partial charge is 0.465 e. The van der Waals surface area contributed by atoms with Gasteiger partial charge in [-0.2, -0.15) is 0 Å². The quantitative estimate of drug-likeness (QED) is 0.288. The summed E-state index contributed by atoms with van der Waals surface area (Å²) < 4.78 is 9.75. The molecule has 126 valence electrons. The molecule has 0 N–H and O–H groups in total. The summed E-state index contributed by atoms with van der Waals surface area (Å²) in [6.07, 6.45) is 1.83. The minimum Gasteiger partial charge on any atom is -0.465 e. The van der Waals surface area contributed by atoms with Crippen LogP contribution in [0.2, 0.25) is 0 Å². The van der Waals surface area contributed by atoms with Gasteiger partial charge in [-0.25, -0.2) is 9.78 Å². The van der Waals surface area contributed by atoms with Crippen molar-refractivity contribution in [1.82, 2.24) is 4.98 Å². The first-order valence-corrected chi connectivity index (χ1v) is 7.02. The van der Waals surface area contributed by atoms with E-state index >= 15 is 0 Å². The van der Waals surface area contributed by atoms with E-state index < -0.39 is 16.9 Å². The summed E-state index contributed by atoms with van der Waals surface area (Å²) in [4.78, 5) is 38.9. The normalized spacial score (nSPS) is 11.6. The Balaban J connectivity index is 3.28. The third-order valence-corrected chi connectivity index (χ3v) is 3.13. The van der Waals surface area contributed by atoms with Crippen LogP contribution in [0.3, 0.4) is 0 Å². The molecule has 1 aromatic rings. The van der Waals surface area contributed by atoms with Crippen molar-refractivity contribution in [2.75, 3.05) is 31.8 Å². The lowest BCUT2D eigenvalue weighted by Crippen LogP contribution is -2.41. The van der Waals surface area contributed by atoms with E-state index in [1.165, 1.54) is 18.2 Å². The van der Waals surface area contributed by atoms with Crippen molar-refractivity contribution >= 4 is 23.8 Å². The van der Waals surface area contributed by atoms with Crippen molar-refractivity contribution in [3.63, 3.8) is 0 Å². The number of hydrogen-bond acceptors (Lipinski definition) is 8. The molecule has 1 aromatic heterocycles. The van der Waals surface area contributed by atoms with Crippen LogP contribution < -0.4 is 4.90 Å². The van der Waals surface area contributed by atoms with E-state index in [4.69, 9.17) is 4.74 Å². The second-order valence-corrected chi connectivity index (χ2v) is 4.46. The Labute approximate surface area is 133 Å². The number of ether oxygens (including phenoxy) is 2. The van der Waals surface area contributed by atoms with Crippen LogP contribution in [-0.4, -0.2) is 55.1 Å². The van der Waals surface area contributed by atoms with Gasteiger partial charge in [-0.3, -0.25) is 10.1 Å². The monoisotopic (exact) mass is 325 g/mol. The van der Waals surface area contributed by atoms with Gasteiger partial charge in [0.1, 0.15) is 12.3 Å². The van der Waals surface area contributed by atoms with E-state index in [0.29, 0.717) is 19.4 Å². The van der Waals surface area contributed by atoms with Gasteiger partial charge in [-0.05, 0) is 13.8 Å². The van der Waals surface area contributed by atoms with E-state index in [2.05, 4.69) is 9.72 Å². The SMILES string of the molecule is CCOC[C@@H](C=O)N(CC)c1ncc(C(=O)OC)cc1[N+](=O)[O-]. The molecule has 0 radical (unpaired) electrons. The van der Waals surface area contributed by atoms with Gasteiger partial charge in [0.15, 0.2) is 0 Å². The first-order valence-electron chi connectivity index (χ1n) is 7.02. The van der Waals surface area contributed by atoms with Gasteiger partial charge >= 0.3 is 11.7 Å². The van der Waals surface area contributed by atoms with Gasteiger partial charge in [-0.1, -0.05) is 0 Å². The number of esters is 1. The molecule has 0 amide bonds. The molecular formula is C14H19N3O6. The number of carbonyl (C=O) groups is 2. The average Bonchev–Trinajstić information content (AvgIpc) is 2.57. The maximum absolute atomic E-state index is 11.5. The number of carbonyl (C=O) groups excluding carboxylic acids is 2. The Morgan fingerprint density at radius 3 is 2.70 bits per heavy atom. The summed E-state index contributed by atoms with van der Waals surface area (Å²) in [6, 6.07) is 0.370. The molecule has 1 rings (SSSR count). The third kappa shape index (κ3) is 4.46. The molecule has 0 spiro atoms. The van der Waals surface area contributed by atoms with Gasteiger partial charge in [0.05, 0.1) is 24.2 Å². The number of nitrogens with zero attached hydrogens (tertiary/aromatic N) is 3. The second kappa shape index (κ2) is 8.79. The highest BCUT2D eigenvalue weighted by Crippen LogP contribution is 2.28. The predicted molar refractivity (Wildman–Crippen MR) is 81.6 cm³/mol. The lowest BCUT2D eigenvalue weighted by atomic mass is 10.2. The fourth-order valence-electron chi connectivity index (χ4n) is 2.01. The Kier molecular flexibility index (Phi) is 7.07. The number of anilines is 1. The summed E-state index contributed by atoms with van der Waals surface area (Å²) in [6.45, 7) is 4.33. The fourth-order valence-corrected chi connectivity index (χ4v) is 2.01. The summed E-state index contributed by atoms with van der Waals surface area (Å²) >= 11 is 0. The van der Waals surface area contributed by atoms with Crippen molar-refractivity contribution in [2.45, 2.75) is 19.9 Å². The first kappa shape index (κ1) is 18.5. The fraction of sp³-hybridized carbons (Fsp3) is 0.500. The molecule has 0 saturated heterocycles. The Morgan fingerprint density at radius 2 is 2.22 bits per heavy atom. The number of rotatable bonds is 9. The number of aldehydes is 1. The maximum Gasteiger partial charge on any atom is 0.339 e. The highest BCUT2D eigenvalue weighted by Gasteiger charge is 2.27. The molecule has 0 unspecified atom stereocenters. The van der Waals surface area contributed by atoms with Gasteiger partial charge < -0.3 is 19.2 Å². The number of nitro groups is 1. The number of hydrogen-bond donors (Lipinski definition) is 0.